The molecular formula is C15H12ClN5OS2. The zero-order chi connectivity index (χ0) is 16.8. The lowest BCUT2D eigenvalue weighted by Crippen LogP contribution is -2.19. The SMILES string of the molecule is O=C(Nc1cccc(Cl)c1)Nc1nnc(SCc2cccnc2)s1. The van der Waals surface area contributed by atoms with Crippen molar-refractivity contribution in [2.75, 3.05) is 10.6 Å². The first kappa shape index (κ1) is 16.7. The van der Waals surface area contributed by atoms with E-state index in [4.69, 9.17) is 11.6 Å². The molecule has 3 rings (SSSR count). The number of hydrogen-bond acceptors (Lipinski definition) is 6. The van der Waals surface area contributed by atoms with Gasteiger partial charge in [-0.25, -0.2) is 4.79 Å². The summed E-state index contributed by atoms with van der Waals surface area (Å²) in [4.78, 5) is 16.0. The van der Waals surface area contributed by atoms with E-state index in [2.05, 4.69) is 25.8 Å². The third kappa shape index (κ3) is 4.92. The molecule has 3 aromatic rings. The van der Waals surface area contributed by atoms with Crippen molar-refractivity contribution in [1.29, 1.82) is 0 Å². The topological polar surface area (TPSA) is 79.8 Å². The first-order chi connectivity index (χ1) is 11.7. The van der Waals surface area contributed by atoms with Crippen LogP contribution in [0.5, 0.6) is 0 Å². The molecule has 0 unspecified atom stereocenters. The van der Waals surface area contributed by atoms with Crippen LogP contribution in [0, 0.1) is 0 Å². The maximum absolute atomic E-state index is 11.9. The standard InChI is InChI=1S/C15H12ClN5OS2/c16-11-4-1-5-12(7-11)18-13(22)19-14-20-21-15(24-14)23-9-10-3-2-6-17-8-10/h1-8H,9H2,(H2,18,19,20,22). The van der Waals surface area contributed by atoms with Gasteiger partial charge < -0.3 is 5.32 Å². The van der Waals surface area contributed by atoms with Crippen LogP contribution in [0.1, 0.15) is 5.56 Å². The molecule has 0 spiro atoms. The van der Waals surface area contributed by atoms with Crippen LogP contribution in [-0.4, -0.2) is 21.2 Å². The average molecular weight is 378 g/mol. The lowest BCUT2D eigenvalue weighted by Gasteiger charge is -2.04. The van der Waals surface area contributed by atoms with Crippen molar-refractivity contribution >= 4 is 51.5 Å². The lowest BCUT2D eigenvalue weighted by molar-refractivity contribution is 0.262. The number of pyridine rings is 1. The highest BCUT2D eigenvalue weighted by atomic mass is 35.5. The van der Waals surface area contributed by atoms with Crippen LogP contribution in [0.3, 0.4) is 0 Å². The van der Waals surface area contributed by atoms with E-state index in [1.165, 1.54) is 11.3 Å². The summed E-state index contributed by atoms with van der Waals surface area (Å²) in [6.07, 6.45) is 3.55. The summed E-state index contributed by atoms with van der Waals surface area (Å²) in [7, 11) is 0. The zero-order valence-corrected chi connectivity index (χ0v) is 14.7. The van der Waals surface area contributed by atoms with Gasteiger partial charge in [-0.1, -0.05) is 46.8 Å². The van der Waals surface area contributed by atoms with Crippen molar-refractivity contribution in [2.24, 2.45) is 0 Å². The van der Waals surface area contributed by atoms with Gasteiger partial charge in [0.05, 0.1) is 0 Å². The molecule has 24 heavy (non-hydrogen) atoms. The van der Waals surface area contributed by atoms with E-state index in [0.717, 1.165) is 15.7 Å². The molecule has 0 saturated carbocycles. The number of benzene rings is 1. The predicted molar refractivity (Wildman–Crippen MR) is 97.8 cm³/mol. The fraction of sp³-hybridized carbons (Fsp3) is 0.0667. The number of urea groups is 1. The number of rotatable bonds is 5. The van der Waals surface area contributed by atoms with Crippen LogP contribution < -0.4 is 10.6 Å². The van der Waals surface area contributed by atoms with Gasteiger partial charge in [-0.15, -0.1) is 10.2 Å². The van der Waals surface area contributed by atoms with E-state index in [0.29, 0.717) is 15.8 Å². The number of anilines is 2. The van der Waals surface area contributed by atoms with E-state index in [1.807, 2.05) is 18.3 Å². The predicted octanol–water partition coefficient (Wildman–Crippen LogP) is 4.52. The third-order valence-electron chi connectivity index (χ3n) is 2.79. The Morgan fingerprint density at radius 1 is 1.21 bits per heavy atom. The van der Waals surface area contributed by atoms with E-state index in [9.17, 15) is 4.79 Å². The van der Waals surface area contributed by atoms with Gasteiger partial charge in [0.2, 0.25) is 5.13 Å². The Bertz CT molecular complexity index is 827. The third-order valence-corrected chi connectivity index (χ3v) is 5.07. The zero-order valence-electron chi connectivity index (χ0n) is 12.3. The molecule has 1 aromatic carbocycles. The minimum Gasteiger partial charge on any atom is -0.308 e. The van der Waals surface area contributed by atoms with Crippen LogP contribution in [0.4, 0.5) is 15.6 Å². The molecule has 0 aliphatic carbocycles. The normalized spacial score (nSPS) is 10.4. The molecule has 9 heteroatoms. The summed E-state index contributed by atoms with van der Waals surface area (Å²) in [5, 5.41) is 14.3. The summed E-state index contributed by atoms with van der Waals surface area (Å²) in [5.74, 6) is 0.747. The quantitative estimate of drug-likeness (QED) is 0.504. The Hall–Kier alpha value is -2.16. The Morgan fingerprint density at radius 2 is 2.12 bits per heavy atom. The van der Waals surface area contributed by atoms with Gasteiger partial charge in [0, 0.05) is 28.9 Å². The summed E-state index contributed by atoms with van der Waals surface area (Å²) >= 11 is 8.74. The Kier molecular flexibility index (Phi) is 5.63. The Balaban J connectivity index is 1.53. The number of hydrogen-bond donors (Lipinski definition) is 2. The molecule has 0 aliphatic rings. The van der Waals surface area contributed by atoms with Gasteiger partial charge in [0.25, 0.3) is 0 Å². The Morgan fingerprint density at radius 3 is 2.92 bits per heavy atom. The second-order valence-corrected chi connectivity index (χ2v) is 7.25. The number of amides is 2. The minimum absolute atomic E-state index is 0.391. The average Bonchev–Trinajstić information content (AvgIpc) is 3.01. The van der Waals surface area contributed by atoms with E-state index < -0.39 is 6.03 Å². The molecule has 2 N–H and O–H groups in total. The molecule has 0 bridgehead atoms. The number of carbonyl (C=O) groups is 1. The van der Waals surface area contributed by atoms with Crippen LogP contribution in [0.25, 0.3) is 0 Å². The molecule has 2 heterocycles. The molecule has 2 aromatic heterocycles. The number of carbonyl (C=O) groups excluding carboxylic acids is 1. The van der Waals surface area contributed by atoms with Gasteiger partial charge >= 0.3 is 6.03 Å². The van der Waals surface area contributed by atoms with Crippen LogP contribution in [-0.2, 0) is 5.75 Å². The largest absolute Gasteiger partial charge is 0.325 e. The maximum atomic E-state index is 11.9. The van der Waals surface area contributed by atoms with Crippen molar-refractivity contribution in [2.45, 2.75) is 10.1 Å². The summed E-state index contributed by atoms with van der Waals surface area (Å²) in [6.45, 7) is 0. The molecule has 0 aliphatic heterocycles. The van der Waals surface area contributed by atoms with Crippen LogP contribution in [0.2, 0.25) is 5.02 Å². The molecule has 122 valence electrons. The number of nitrogens with zero attached hydrogens (tertiary/aromatic N) is 3. The number of thioether (sulfide) groups is 1. The lowest BCUT2D eigenvalue weighted by atomic mass is 10.3. The molecule has 0 atom stereocenters. The highest BCUT2D eigenvalue weighted by Gasteiger charge is 2.09. The van der Waals surface area contributed by atoms with Crippen molar-refractivity contribution in [3.63, 3.8) is 0 Å². The van der Waals surface area contributed by atoms with Crippen molar-refractivity contribution in [1.82, 2.24) is 15.2 Å². The first-order valence-electron chi connectivity index (χ1n) is 6.88. The summed E-state index contributed by atoms with van der Waals surface area (Å²) in [5.41, 5.74) is 1.71. The van der Waals surface area contributed by atoms with Crippen molar-refractivity contribution < 1.29 is 4.79 Å². The molecule has 2 amide bonds. The van der Waals surface area contributed by atoms with E-state index in [1.54, 1.807) is 42.2 Å². The van der Waals surface area contributed by atoms with Crippen LogP contribution in [0.15, 0.2) is 53.1 Å². The van der Waals surface area contributed by atoms with Crippen LogP contribution >= 0.6 is 34.7 Å². The second kappa shape index (κ2) is 8.09. The molecule has 0 fully saturated rings. The fourth-order valence-corrected chi connectivity index (χ4v) is 3.64. The highest BCUT2D eigenvalue weighted by molar-refractivity contribution is 8.00. The first-order valence-corrected chi connectivity index (χ1v) is 9.06. The van der Waals surface area contributed by atoms with Gasteiger partial charge in [0.15, 0.2) is 4.34 Å². The van der Waals surface area contributed by atoms with Gasteiger partial charge in [-0.05, 0) is 29.8 Å². The van der Waals surface area contributed by atoms with Gasteiger partial charge in [-0.2, -0.15) is 0 Å². The summed E-state index contributed by atoms with van der Waals surface area (Å²) < 4.78 is 0.775. The smallest absolute Gasteiger partial charge is 0.308 e. The van der Waals surface area contributed by atoms with Gasteiger partial charge in [-0.3, -0.25) is 10.3 Å². The Labute approximate surface area is 151 Å². The minimum atomic E-state index is -0.391. The molecular weight excluding hydrogens is 366 g/mol. The number of nitrogens with one attached hydrogen (secondary N) is 2. The maximum Gasteiger partial charge on any atom is 0.325 e. The number of aromatic nitrogens is 3. The van der Waals surface area contributed by atoms with Gasteiger partial charge in [0.1, 0.15) is 0 Å². The number of halogens is 1. The monoisotopic (exact) mass is 377 g/mol. The van der Waals surface area contributed by atoms with E-state index in [-0.39, 0.29) is 0 Å². The molecule has 0 saturated heterocycles. The fourth-order valence-electron chi connectivity index (χ4n) is 1.77. The van der Waals surface area contributed by atoms with Crippen molar-refractivity contribution in [3.8, 4) is 0 Å². The van der Waals surface area contributed by atoms with E-state index >= 15 is 0 Å². The summed E-state index contributed by atoms with van der Waals surface area (Å²) in [6, 6.07) is 10.4. The highest BCUT2D eigenvalue weighted by Crippen LogP contribution is 2.28. The second-order valence-electron chi connectivity index (χ2n) is 4.61. The van der Waals surface area contributed by atoms with Crippen molar-refractivity contribution in [3.05, 3.63) is 59.4 Å². The molecule has 6 nitrogen and oxygen atoms in total. The molecule has 0 radical (unpaired) electrons.